The quantitative estimate of drug-likeness (QED) is 0.912. The third-order valence-corrected chi connectivity index (χ3v) is 2.94. The number of ether oxygens (including phenoxy) is 2. The molecule has 1 aromatic carbocycles. The monoisotopic (exact) mass is 286 g/mol. The minimum atomic E-state index is -0.322. The van der Waals surface area contributed by atoms with E-state index in [1.807, 2.05) is 30.3 Å². The van der Waals surface area contributed by atoms with Gasteiger partial charge in [-0.2, -0.15) is 0 Å². The number of morpholine rings is 1. The van der Waals surface area contributed by atoms with Crippen molar-refractivity contribution in [1.82, 2.24) is 4.90 Å². The van der Waals surface area contributed by atoms with Crippen LogP contribution in [0.4, 0.5) is 4.79 Å². The summed E-state index contributed by atoms with van der Waals surface area (Å²) in [6.07, 6.45) is -0.322. The van der Waals surface area contributed by atoms with Crippen molar-refractivity contribution in [3.8, 4) is 0 Å². The number of amides is 1. The summed E-state index contributed by atoms with van der Waals surface area (Å²) in [7, 11) is 0. The highest BCUT2D eigenvalue weighted by molar-refractivity contribution is 5.85. The Bertz CT molecular complexity index is 389. The van der Waals surface area contributed by atoms with Gasteiger partial charge < -0.3 is 15.2 Å². The summed E-state index contributed by atoms with van der Waals surface area (Å²) in [4.78, 5) is 13.6. The molecule has 0 bridgehead atoms. The first-order chi connectivity index (χ1) is 8.81. The Hall–Kier alpha value is -1.30. The summed E-state index contributed by atoms with van der Waals surface area (Å²) < 4.78 is 10.6. The molecule has 6 heteroatoms. The predicted molar refractivity (Wildman–Crippen MR) is 74.2 cm³/mol. The zero-order valence-electron chi connectivity index (χ0n) is 10.7. The first-order valence-electron chi connectivity index (χ1n) is 6.06. The van der Waals surface area contributed by atoms with Crippen molar-refractivity contribution in [3.63, 3.8) is 0 Å². The van der Waals surface area contributed by atoms with Crippen LogP contribution in [0, 0.1) is 0 Å². The van der Waals surface area contributed by atoms with Gasteiger partial charge in [0, 0.05) is 13.1 Å². The number of rotatable bonds is 3. The molecule has 1 amide bonds. The number of carbonyl (C=O) groups is 1. The lowest BCUT2D eigenvalue weighted by molar-refractivity contribution is -0.00772. The van der Waals surface area contributed by atoms with E-state index in [0.29, 0.717) is 26.3 Å². The molecule has 1 aromatic rings. The number of benzene rings is 1. The molecule has 2 N–H and O–H groups in total. The van der Waals surface area contributed by atoms with Crippen LogP contribution in [-0.4, -0.2) is 43.3 Å². The highest BCUT2D eigenvalue weighted by Gasteiger charge is 2.27. The molecule has 19 heavy (non-hydrogen) atoms. The maximum Gasteiger partial charge on any atom is 0.410 e. The highest BCUT2D eigenvalue weighted by atomic mass is 35.5. The fourth-order valence-corrected chi connectivity index (χ4v) is 1.89. The second-order valence-corrected chi connectivity index (χ2v) is 4.20. The van der Waals surface area contributed by atoms with E-state index in [2.05, 4.69) is 0 Å². The molecule has 5 nitrogen and oxygen atoms in total. The molecule has 0 spiro atoms. The largest absolute Gasteiger partial charge is 0.445 e. The summed E-state index contributed by atoms with van der Waals surface area (Å²) in [6, 6.07) is 9.53. The zero-order chi connectivity index (χ0) is 12.8. The summed E-state index contributed by atoms with van der Waals surface area (Å²) >= 11 is 0. The van der Waals surface area contributed by atoms with Crippen molar-refractivity contribution in [2.45, 2.75) is 12.6 Å². The third kappa shape index (κ3) is 4.38. The summed E-state index contributed by atoms with van der Waals surface area (Å²) in [5.74, 6) is 0. The van der Waals surface area contributed by atoms with Crippen LogP contribution >= 0.6 is 12.4 Å². The van der Waals surface area contributed by atoms with Gasteiger partial charge in [0.25, 0.3) is 0 Å². The zero-order valence-corrected chi connectivity index (χ0v) is 11.5. The lowest BCUT2D eigenvalue weighted by atomic mass is 10.2. The van der Waals surface area contributed by atoms with Crippen LogP contribution in [0.25, 0.3) is 0 Å². The lowest BCUT2D eigenvalue weighted by Gasteiger charge is -2.33. The average Bonchev–Trinajstić information content (AvgIpc) is 2.45. The standard InChI is InChI=1S/C13H18N2O3.ClH/c14-8-12-10-17-7-6-15(12)13(16)18-9-11-4-2-1-3-5-11;/h1-5,12H,6-10,14H2;1H/t12-;/m1./s1. The molecule has 1 atom stereocenters. The second kappa shape index (κ2) is 7.99. The van der Waals surface area contributed by atoms with E-state index < -0.39 is 0 Å². The van der Waals surface area contributed by atoms with E-state index in [1.54, 1.807) is 4.90 Å². The maximum atomic E-state index is 11.9. The van der Waals surface area contributed by atoms with Gasteiger partial charge in [-0.05, 0) is 5.56 Å². The molecule has 1 heterocycles. The van der Waals surface area contributed by atoms with Crippen LogP contribution in [-0.2, 0) is 16.1 Å². The predicted octanol–water partition coefficient (Wildman–Crippen LogP) is 1.40. The minimum Gasteiger partial charge on any atom is -0.445 e. The van der Waals surface area contributed by atoms with E-state index in [4.69, 9.17) is 15.2 Å². The van der Waals surface area contributed by atoms with Gasteiger partial charge in [0.15, 0.2) is 0 Å². The van der Waals surface area contributed by atoms with Crippen molar-refractivity contribution in [3.05, 3.63) is 35.9 Å². The summed E-state index contributed by atoms with van der Waals surface area (Å²) in [5.41, 5.74) is 6.58. The molecule has 1 aliphatic rings. The van der Waals surface area contributed by atoms with Crippen molar-refractivity contribution in [1.29, 1.82) is 0 Å². The Morgan fingerprint density at radius 1 is 1.42 bits per heavy atom. The number of nitrogens with zero attached hydrogens (tertiary/aromatic N) is 1. The molecule has 0 aliphatic carbocycles. The third-order valence-electron chi connectivity index (χ3n) is 2.94. The van der Waals surface area contributed by atoms with E-state index >= 15 is 0 Å². The molecule has 0 unspecified atom stereocenters. The molecule has 1 aliphatic heterocycles. The number of nitrogens with two attached hydrogens (primary N) is 1. The van der Waals surface area contributed by atoms with Crippen molar-refractivity contribution < 1.29 is 14.3 Å². The van der Waals surface area contributed by atoms with Crippen LogP contribution in [0.15, 0.2) is 30.3 Å². The van der Waals surface area contributed by atoms with Gasteiger partial charge in [-0.25, -0.2) is 4.79 Å². The van der Waals surface area contributed by atoms with E-state index in [9.17, 15) is 4.79 Å². The molecule has 1 fully saturated rings. The first-order valence-corrected chi connectivity index (χ1v) is 6.06. The Morgan fingerprint density at radius 3 is 2.84 bits per heavy atom. The van der Waals surface area contributed by atoms with Crippen LogP contribution in [0.1, 0.15) is 5.56 Å². The fraction of sp³-hybridized carbons (Fsp3) is 0.462. The van der Waals surface area contributed by atoms with Crippen molar-refractivity contribution in [2.75, 3.05) is 26.3 Å². The van der Waals surface area contributed by atoms with Gasteiger partial charge >= 0.3 is 6.09 Å². The van der Waals surface area contributed by atoms with E-state index in [1.165, 1.54) is 0 Å². The molecular weight excluding hydrogens is 268 g/mol. The Labute approximate surface area is 119 Å². The lowest BCUT2D eigenvalue weighted by Crippen LogP contribution is -2.52. The highest BCUT2D eigenvalue weighted by Crippen LogP contribution is 2.09. The SMILES string of the molecule is Cl.NC[C@@H]1COCCN1C(=O)OCc1ccccc1. The van der Waals surface area contributed by atoms with Crippen molar-refractivity contribution in [2.24, 2.45) is 5.73 Å². The average molecular weight is 287 g/mol. The van der Waals surface area contributed by atoms with Crippen LogP contribution in [0.5, 0.6) is 0 Å². The van der Waals surface area contributed by atoms with Crippen LogP contribution in [0.2, 0.25) is 0 Å². The fourth-order valence-electron chi connectivity index (χ4n) is 1.89. The number of carbonyl (C=O) groups excluding carboxylic acids is 1. The van der Waals surface area contributed by atoms with E-state index in [0.717, 1.165) is 5.56 Å². The summed E-state index contributed by atoms with van der Waals surface area (Å²) in [6.45, 7) is 2.23. The molecular formula is C13H19ClN2O3. The van der Waals surface area contributed by atoms with Gasteiger partial charge in [-0.1, -0.05) is 30.3 Å². The second-order valence-electron chi connectivity index (χ2n) is 4.20. The molecule has 0 saturated carbocycles. The van der Waals surface area contributed by atoms with Crippen LogP contribution < -0.4 is 5.73 Å². The Morgan fingerprint density at radius 2 is 2.16 bits per heavy atom. The maximum absolute atomic E-state index is 11.9. The Balaban J connectivity index is 0.00000180. The topological polar surface area (TPSA) is 64.8 Å². The minimum absolute atomic E-state index is 0. The number of hydrogen-bond acceptors (Lipinski definition) is 4. The van der Waals surface area contributed by atoms with Gasteiger partial charge in [-0.15, -0.1) is 12.4 Å². The van der Waals surface area contributed by atoms with Gasteiger partial charge in [0.2, 0.25) is 0 Å². The van der Waals surface area contributed by atoms with Crippen LogP contribution in [0.3, 0.4) is 0 Å². The molecule has 1 saturated heterocycles. The van der Waals surface area contributed by atoms with Crippen molar-refractivity contribution >= 4 is 18.5 Å². The van der Waals surface area contributed by atoms with Gasteiger partial charge in [0.05, 0.1) is 19.3 Å². The first kappa shape index (κ1) is 15.8. The summed E-state index contributed by atoms with van der Waals surface area (Å²) in [5, 5.41) is 0. The van der Waals surface area contributed by atoms with Gasteiger partial charge in [-0.3, -0.25) is 4.90 Å². The molecule has 2 rings (SSSR count). The molecule has 106 valence electrons. The van der Waals surface area contributed by atoms with E-state index in [-0.39, 0.29) is 31.1 Å². The normalized spacial score (nSPS) is 18.6. The van der Waals surface area contributed by atoms with Gasteiger partial charge in [0.1, 0.15) is 6.61 Å². The molecule has 0 aromatic heterocycles. The number of halogens is 1. The Kier molecular flexibility index (Phi) is 6.62. The smallest absolute Gasteiger partial charge is 0.410 e. The molecule has 0 radical (unpaired) electrons. The number of hydrogen-bond donors (Lipinski definition) is 1.